The van der Waals surface area contributed by atoms with Gasteiger partial charge in [-0.2, -0.15) is 0 Å². The molecule has 2 fully saturated rings. The van der Waals surface area contributed by atoms with Gasteiger partial charge in [-0.25, -0.2) is 24.2 Å². The average molecular weight is 1060 g/mol. The fraction of sp³-hybridized carbons (Fsp3) is 0.690. The van der Waals surface area contributed by atoms with Crippen LogP contribution < -0.4 is 25.8 Å². The molecule has 76 heavy (non-hydrogen) atoms. The quantitative estimate of drug-likeness (QED) is 0.122. The molecule has 424 valence electrons. The molecule has 2 aromatic carbocycles. The van der Waals surface area contributed by atoms with Gasteiger partial charge in [0.2, 0.25) is 17.9 Å². The van der Waals surface area contributed by atoms with Gasteiger partial charge in [0.25, 0.3) is 0 Å². The van der Waals surface area contributed by atoms with Crippen molar-refractivity contribution in [2.24, 2.45) is 16.8 Å². The van der Waals surface area contributed by atoms with E-state index in [0.29, 0.717) is 60.7 Å². The van der Waals surface area contributed by atoms with Crippen LogP contribution in [0.5, 0.6) is 11.5 Å². The van der Waals surface area contributed by atoms with E-state index in [1.54, 1.807) is 50.5 Å². The predicted octanol–water partition coefficient (Wildman–Crippen LogP) is 10.2. The second-order valence-electron chi connectivity index (χ2n) is 23.8. The third-order valence-corrected chi connectivity index (χ3v) is 13.8. The van der Waals surface area contributed by atoms with Crippen molar-refractivity contribution in [3.63, 3.8) is 0 Å². The fourth-order valence-corrected chi connectivity index (χ4v) is 9.59. The Kier molecular flexibility index (Phi) is 23.8. The number of nitrogens with two attached hydrogens (primary N) is 1. The minimum atomic E-state index is -0.601. The van der Waals surface area contributed by atoms with Gasteiger partial charge in [-0.05, 0) is 131 Å². The maximum Gasteiger partial charge on any atom is 0.410 e. The number of benzene rings is 2. The van der Waals surface area contributed by atoms with Gasteiger partial charge in [0.05, 0.1) is 32.0 Å². The molecule has 18 heteroatoms. The monoisotopic (exact) mass is 1060 g/mol. The number of carbonyl (C=O) groups is 5. The number of aliphatic imine (C=N–C) groups is 1. The van der Waals surface area contributed by atoms with Crippen LogP contribution in [0.3, 0.4) is 0 Å². The summed E-state index contributed by atoms with van der Waals surface area (Å²) in [5.74, 6) is 1.22. The molecule has 0 unspecified atom stereocenters. The van der Waals surface area contributed by atoms with Gasteiger partial charge in [0.1, 0.15) is 34.9 Å². The third kappa shape index (κ3) is 20.8. The minimum absolute atomic E-state index is 0.00153. The summed E-state index contributed by atoms with van der Waals surface area (Å²) < 4.78 is 23.8. The van der Waals surface area contributed by atoms with E-state index in [9.17, 15) is 28.8 Å². The summed E-state index contributed by atoms with van der Waals surface area (Å²) in [6.07, 6.45) is 12.0. The van der Waals surface area contributed by atoms with Crippen molar-refractivity contribution in [3.8, 4) is 11.5 Å². The molecule has 2 heterocycles. The molecular weight excluding hydrogens is 969 g/mol. The number of nitrogens with one attached hydrogen (secondary N) is 2. The van der Waals surface area contributed by atoms with Gasteiger partial charge in [-0.15, -0.1) is 0 Å². The van der Waals surface area contributed by atoms with Crippen LogP contribution in [0.4, 0.5) is 25.8 Å². The Morgan fingerprint density at radius 1 is 0.711 bits per heavy atom. The topological polar surface area (TPSA) is 215 Å². The van der Waals surface area contributed by atoms with Gasteiger partial charge < -0.3 is 54.9 Å². The molecular formula is C58H92N8O10. The molecule has 4 atom stereocenters. The molecule has 4 N–H and O–H groups in total. The number of fused-ring (bicyclic) bond motifs is 2. The summed E-state index contributed by atoms with van der Waals surface area (Å²) in [6, 6.07) is 11.1. The fourth-order valence-electron chi connectivity index (χ4n) is 9.59. The largest absolute Gasteiger partial charge is 0.488 e. The van der Waals surface area contributed by atoms with Crippen molar-refractivity contribution in [2.45, 2.75) is 208 Å². The van der Waals surface area contributed by atoms with Gasteiger partial charge in [0.15, 0.2) is 0 Å². The molecule has 2 saturated carbocycles. The normalized spacial score (nSPS) is 20.7. The van der Waals surface area contributed by atoms with E-state index in [0.717, 1.165) is 44.1 Å². The second kappa shape index (κ2) is 28.9. The van der Waals surface area contributed by atoms with Gasteiger partial charge in [-0.1, -0.05) is 52.4 Å². The summed E-state index contributed by atoms with van der Waals surface area (Å²) in [5.41, 5.74) is 7.44. The molecule has 2 aliphatic heterocycles. The molecule has 0 spiro atoms. The molecule has 0 saturated heterocycles. The first-order chi connectivity index (χ1) is 35.6. The van der Waals surface area contributed by atoms with Crippen molar-refractivity contribution >= 4 is 47.5 Å². The number of isocyanates is 1. The van der Waals surface area contributed by atoms with Crippen molar-refractivity contribution in [1.29, 1.82) is 0 Å². The summed E-state index contributed by atoms with van der Waals surface area (Å²) >= 11 is 0. The SMILES string of the molecule is CC(C)N1C[C@@H](C)[C@H](CN(C)C(=O)OC(C)(C)C)Oc2ccc(N)cc2CC1=O.CC(C)N1C[C@@H](C)[C@H](CN(C)C(=O)OC(C)(C)C)Oc2ccc(NC(=O)NC3CCCCC3)cc2CC1=O.O=C=NC1CCCCC1. The lowest BCUT2D eigenvalue weighted by atomic mass is 9.96. The molecule has 0 radical (unpaired) electrons. The van der Waals surface area contributed by atoms with E-state index in [1.807, 2.05) is 99.0 Å². The van der Waals surface area contributed by atoms with Gasteiger partial charge >= 0.3 is 18.2 Å². The van der Waals surface area contributed by atoms with Crippen molar-refractivity contribution < 1.29 is 47.7 Å². The van der Waals surface area contributed by atoms with Crippen LogP contribution in [-0.4, -0.2) is 144 Å². The van der Waals surface area contributed by atoms with E-state index in [4.69, 9.17) is 24.7 Å². The number of carbonyl (C=O) groups excluding carboxylic acids is 6. The number of likely N-dealkylation sites (N-methyl/N-ethyl adjacent to an activating group) is 2. The molecule has 18 nitrogen and oxygen atoms in total. The first kappa shape index (κ1) is 62.5. The molecule has 2 aromatic rings. The molecule has 2 aliphatic carbocycles. The zero-order chi connectivity index (χ0) is 56.5. The molecule has 4 aliphatic rings. The van der Waals surface area contributed by atoms with E-state index >= 15 is 0 Å². The maximum absolute atomic E-state index is 13.3. The maximum atomic E-state index is 13.3. The van der Waals surface area contributed by atoms with Crippen LogP contribution in [0.1, 0.15) is 158 Å². The van der Waals surface area contributed by atoms with Crippen LogP contribution in [0.25, 0.3) is 0 Å². The Morgan fingerprint density at radius 3 is 1.58 bits per heavy atom. The van der Waals surface area contributed by atoms with Gasteiger partial charge in [0, 0.05) is 79.6 Å². The molecule has 6 amide bonds. The number of rotatable bonds is 9. The second-order valence-corrected chi connectivity index (χ2v) is 23.8. The number of amides is 6. The molecule has 0 aromatic heterocycles. The van der Waals surface area contributed by atoms with Crippen LogP contribution in [0.15, 0.2) is 41.4 Å². The predicted molar refractivity (Wildman–Crippen MR) is 297 cm³/mol. The zero-order valence-corrected chi connectivity index (χ0v) is 48.3. The highest BCUT2D eigenvalue weighted by atomic mass is 16.6. The Balaban J connectivity index is 0.000000288. The van der Waals surface area contributed by atoms with Crippen molar-refractivity contribution in [3.05, 3.63) is 47.5 Å². The molecule has 6 rings (SSSR count). The average Bonchev–Trinajstić information content (AvgIpc) is 3.40. The summed E-state index contributed by atoms with van der Waals surface area (Å²) in [5, 5.41) is 5.99. The highest BCUT2D eigenvalue weighted by Crippen LogP contribution is 2.31. The lowest BCUT2D eigenvalue weighted by Crippen LogP contribution is -2.47. The smallest absolute Gasteiger partial charge is 0.410 e. The number of hydrogen-bond donors (Lipinski definition) is 3. The first-order valence-electron chi connectivity index (χ1n) is 27.6. The van der Waals surface area contributed by atoms with Crippen LogP contribution in [-0.2, 0) is 36.7 Å². The lowest BCUT2D eigenvalue weighted by molar-refractivity contribution is -0.133. The zero-order valence-electron chi connectivity index (χ0n) is 48.3. The minimum Gasteiger partial charge on any atom is -0.488 e. The third-order valence-electron chi connectivity index (χ3n) is 13.8. The van der Waals surface area contributed by atoms with Crippen LogP contribution in [0.2, 0.25) is 0 Å². The van der Waals surface area contributed by atoms with Crippen molar-refractivity contribution in [1.82, 2.24) is 24.9 Å². The Labute approximate surface area is 453 Å². The Morgan fingerprint density at radius 2 is 1.14 bits per heavy atom. The van der Waals surface area contributed by atoms with E-state index in [-0.39, 0.29) is 72.9 Å². The summed E-state index contributed by atoms with van der Waals surface area (Å²) in [4.78, 5) is 84.2. The van der Waals surface area contributed by atoms with Crippen LogP contribution >= 0.6 is 0 Å². The number of urea groups is 1. The highest BCUT2D eigenvalue weighted by Gasteiger charge is 2.34. The standard InChI is InChI=1S/C29H46N4O5.C22H35N3O4.C7H11NO/c1-19(2)33-17-20(3)25(18-32(7)28(36)38-29(4,5)6)37-24-14-13-23(15-21(24)16-26(33)34)31-27(35)30-22-11-9-8-10-12-22;1-14(2)25-12-15(3)19(13-24(7)21(27)29-22(4,5)6)28-18-9-8-17(23)10-16(18)11-20(25)26;9-6-8-7-4-2-1-3-5-7/h13-15,19-20,22,25H,8-12,16-18H2,1-7H3,(H2,30,31,35);8-10,14-15,19H,11-13,23H2,1-7H3;7H,1-5H2/t20-,25+;15-,19+;/m11./s1. The summed E-state index contributed by atoms with van der Waals surface area (Å²) in [6.45, 7) is 24.8. The highest BCUT2D eigenvalue weighted by molar-refractivity contribution is 5.90. The number of ether oxygens (including phenoxy) is 4. The lowest BCUT2D eigenvalue weighted by Gasteiger charge is -2.34. The first-order valence-corrected chi connectivity index (χ1v) is 27.6. The number of nitrogen functional groups attached to an aromatic ring is 1. The summed E-state index contributed by atoms with van der Waals surface area (Å²) in [7, 11) is 3.40. The van der Waals surface area contributed by atoms with Gasteiger partial charge in [-0.3, -0.25) is 9.59 Å². The van der Waals surface area contributed by atoms with E-state index in [2.05, 4.69) is 15.6 Å². The van der Waals surface area contributed by atoms with Crippen molar-refractivity contribution in [2.75, 3.05) is 51.3 Å². The number of anilines is 2. The number of nitrogens with zero attached hydrogens (tertiary/aromatic N) is 5. The molecule has 0 bridgehead atoms. The Hall–Kier alpha value is -6.03. The van der Waals surface area contributed by atoms with Crippen LogP contribution in [0, 0.1) is 11.8 Å². The van der Waals surface area contributed by atoms with E-state index < -0.39 is 23.4 Å². The number of hydrogen-bond acceptors (Lipinski definition) is 12. The van der Waals surface area contributed by atoms with E-state index in [1.165, 1.54) is 35.5 Å². The Bertz CT molecular complexity index is 2280.